The number of carbonyl (C=O) groups is 3. The Labute approximate surface area is 191 Å². The molecule has 2 fully saturated rings. The molecule has 5 rings (SSSR count). The van der Waals surface area contributed by atoms with Crippen LogP contribution < -0.4 is 16.1 Å². The molecule has 170 valence electrons. The molecule has 1 aromatic heterocycles. The fourth-order valence-corrected chi connectivity index (χ4v) is 4.75. The van der Waals surface area contributed by atoms with E-state index in [0.717, 1.165) is 40.8 Å². The summed E-state index contributed by atoms with van der Waals surface area (Å²) < 4.78 is 6.04. The second kappa shape index (κ2) is 8.71. The fourth-order valence-electron chi connectivity index (χ4n) is 4.75. The average molecular weight is 447 g/mol. The van der Waals surface area contributed by atoms with Crippen LogP contribution in [0.5, 0.6) is 0 Å². The number of hydrogen-bond donors (Lipinski definition) is 3. The Kier molecular flexibility index (Phi) is 5.60. The van der Waals surface area contributed by atoms with Crippen molar-refractivity contribution >= 4 is 28.8 Å². The van der Waals surface area contributed by atoms with E-state index in [4.69, 9.17) is 4.42 Å². The molecule has 0 unspecified atom stereocenters. The van der Waals surface area contributed by atoms with Gasteiger partial charge in [-0.3, -0.25) is 20.3 Å². The minimum absolute atomic E-state index is 0.110. The lowest BCUT2D eigenvalue weighted by Crippen LogP contribution is -2.52. The van der Waals surface area contributed by atoms with Crippen LogP contribution in [0.4, 0.5) is 4.79 Å². The summed E-state index contributed by atoms with van der Waals surface area (Å²) in [6.07, 6.45) is 4.01. The third-order valence-corrected chi connectivity index (χ3v) is 6.43. The second-order valence-electron chi connectivity index (χ2n) is 8.66. The van der Waals surface area contributed by atoms with Crippen LogP contribution in [0.2, 0.25) is 0 Å². The molecule has 4 amide bonds. The highest BCUT2D eigenvalue weighted by atomic mass is 16.3. The third kappa shape index (κ3) is 4.09. The van der Waals surface area contributed by atoms with Crippen molar-refractivity contribution < 1.29 is 18.8 Å². The predicted molar refractivity (Wildman–Crippen MR) is 122 cm³/mol. The number of benzene rings is 2. The maximum absolute atomic E-state index is 12.9. The number of amides is 4. The van der Waals surface area contributed by atoms with E-state index in [2.05, 4.69) is 16.1 Å². The van der Waals surface area contributed by atoms with Gasteiger partial charge >= 0.3 is 6.03 Å². The monoisotopic (exact) mass is 446 g/mol. The van der Waals surface area contributed by atoms with Crippen LogP contribution in [0.1, 0.15) is 49.5 Å². The zero-order valence-electron chi connectivity index (χ0n) is 18.2. The van der Waals surface area contributed by atoms with Gasteiger partial charge < -0.3 is 9.73 Å². The van der Waals surface area contributed by atoms with Crippen molar-refractivity contribution in [3.63, 3.8) is 0 Å². The maximum atomic E-state index is 12.9. The first-order valence-electron chi connectivity index (χ1n) is 11.3. The largest absolute Gasteiger partial charge is 0.459 e. The summed E-state index contributed by atoms with van der Waals surface area (Å²) in [5.74, 6) is -0.188. The molecular weight excluding hydrogens is 420 g/mol. The number of nitrogens with one attached hydrogen (secondary N) is 3. The van der Waals surface area contributed by atoms with E-state index in [1.807, 2.05) is 60.7 Å². The van der Waals surface area contributed by atoms with Gasteiger partial charge in [-0.1, -0.05) is 67.8 Å². The summed E-state index contributed by atoms with van der Waals surface area (Å²) in [5.41, 5.74) is 3.29. The number of nitrogens with zero attached hydrogens (tertiary/aromatic N) is 1. The number of furan rings is 1. The Bertz CT molecular complexity index is 1150. The molecule has 1 aliphatic carbocycles. The highest BCUT2D eigenvalue weighted by Gasteiger charge is 2.52. The SMILES string of the molecule is O=C(CN[C@@H](c1ccccc1)c1cc2ccccc2o1)NN1C(=O)NC2(CCCCC2)C1=O. The molecule has 1 spiro atoms. The summed E-state index contributed by atoms with van der Waals surface area (Å²) in [4.78, 5) is 38.0. The van der Waals surface area contributed by atoms with Gasteiger partial charge in [0.1, 0.15) is 16.9 Å². The number of hydrogen-bond acceptors (Lipinski definition) is 5. The minimum Gasteiger partial charge on any atom is -0.459 e. The molecule has 2 aromatic carbocycles. The van der Waals surface area contributed by atoms with Gasteiger partial charge in [-0.05, 0) is 30.5 Å². The molecule has 1 atom stereocenters. The van der Waals surface area contributed by atoms with E-state index < -0.39 is 17.5 Å². The Morgan fingerprint density at radius 3 is 2.52 bits per heavy atom. The summed E-state index contributed by atoms with van der Waals surface area (Å²) in [7, 11) is 0. The summed E-state index contributed by atoms with van der Waals surface area (Å²) in [6.45, 7) is -0.110. The van der Waals surface area contributed by atoms with Crippen LogP contribution in [0, 0.1) is 0 Å². The number of carbonyl (C=O) groups excluding carboxylic acids is 3. The van der Waals surface area contributed by atoms with Crippen molar-refractivity contribution in [2.75, 3.05) is 6.54 Å². The van der Waals surface area contributed by atoms with Crippen molar-refractivity contribution in [2.24, 2.45) is 0 Å². The zero-order chi connectivity index (χ0) is 22.8. The lowest BCUT2D eigenvalue weighted by atomic mass is 9.82. The van der Waals surface area contributed by atoms with Gasteiger partial charge in [0.05, 0.1) is 12.6 Å². The summed E-state index contributed by atoms with van der Waals surface area (Å²) >= 11 is 0. The van der Waals surface area contributed by atoms with Gasteiger partial charge in [-0.2, -0.15) is 5.01 Å². The molecule has 2 aliphatic rings. The average Bonchev–Trinajstić information content (AvgIpc) is 3.35. The van der Waals surface area contributed by atoms with E-state index in [1.165, 1.54) is 0 Å². The molecule has 3 N–H and O–H groups in total. The molecular formula is C25H26N4O4. The first kappa shape index (κ1) is 21.2. The number of fused-ring (bicyclic) bond motifs is 1. The molecule has 8 nitrogen and oxygen atoms in total. The molecule has 33 heavy (non-hydrogen) atoms. The number of hydrazine groups is 1. The van der Waals surface area contributed by atoms with Crippen LogP contribution in [0.25, 0.3) is 11.0 Å². The van der Waals surface area contributed by atoms with E-state index in [9.17, 15) is 14.4 Å². The Hall–Kier alpha value is -3.65. The van der Waals surface area contributed by atoms with Crippen LogP contribution >= 0.6 is 0 Å². The molecule has 2 heterocycles. The van der Waals surface area contributed by atoms with E-state index in [1.54, 1.807) is 0 Å². The molecule has 8 heteroatoms. The van der Waals surface area contributed by atoms with E-state index in [0.29, 0.717) is 18.6 Å². The molecule has 0 bridgehead atoms. The van der Waals surface area contributed by atoms with Gasteiger partial charge in [-0.25, -0.2) is 4.79 Å². The molecule has 0 radical (unpaired) electrons. The fraction of sp³-hybridized carbons (Fsp3) is 0.320. The van der Waals surface area contributed by atoms with Crippen molar-refractivity contribution in [2.45, 2.75) is 43.7 Å². The Morgan fingerprint density at radius 2 is 1.76 bits per heavy atom. The van der Waals surface area contributed by atoms with Crippen molar-refractivity contribution in [1.29, 1.82) is 0 Å². The van der Waals surface area contributed by atoms with Gasteiger partial charge in [0.2, 0.25) is 0 Å². The van der Waals surface area contributed by atoms with Gasteiger partial charge in [0, 0.05) is 5.39 Å². The predicted octanol–water partition coefficient (Wildman–Crippen LogP) is 3.40. The lowest BCUT2D eigenvalue weighted by molar-refractivity contribution is -0.139. The van der Waals surface area contributed by atoms with Crippen LogP contribution in [-0.2, 0) is 9.59 Å². The first-order valence-corrected chi connectivity index (χ1v) is 11.3. The normalized spacial score (nSPS) is 18.5. The Balaban J connectivity index is 1.30. The molecule has 3 aromatic rings. The van der Waals surface area contributed by atoms with Crippen molar-refractivity contribution in [3.05, 3.63) is 72.0 Å². The number of rotatable bonds is 6. The van der Waals surface area contributed by atoms with Gasteiger partial charge in [0.15, 0.2) is 0 Å². The van der Waals surface area contributed by atoms with Crippen molar-refractivity contribution in [1.82, 2.24) is 21.1 Å². The third-order valence-electron chi connectivity index (χ3n) is 6.43. The highest BCUT2D eigenvalue weighted by Crippen LogP contribution is 2.33. The summed E-state index contributed by atoms with van der Waals surface area (Å²) in [6, 6.07) is 18.4. The molecule has 1 saturated heterocycles. The minimum atomic E-state index is -0.878. The maximum Gasteiger partial charge on any atom is 0.344 e. The van der Waals surface area contributed by atoms with E-state index >= 15 is 0 Å². The zero-order valence-corrected chi connectivity index (χ0v) is 18.2. The highest BCUT2D eigenvalue weighted by molar-refractivity contribution is 6.08. The quantitative estimate of drug-likeness (QED) is 0.504. The standard InChI is InChI=1S/C25H26N4O4/c30-21(28-29-23(31)25(27-24(29)32)13-7-2-8-14-25)16-26-22(17-9-3-1-4-10-17)20-15-18-11-5-6-12-19(18)33-20/h1,3-6,9-12,15,22,26H,2,7-8,13-14,16H2,(H,27,32)(H,28,30)/t22-/m0/s1. The Morgan fingerprint density at radius 1 is 1.03 bits per heavy atom. The topological polar surface area (TPSA) is 104 Å². The smallest absolute Gasteiger partial charge is 0.344 e. The van der Waals surface area contributed by atoms with Crippen molar-refractivity contribution in [3.8, 4) is 0 Å². The van der Waals surface area contributed by atoms with Gasteiger partial charge in [-0.15, -0.1) is 0 Å². The number of para-hydroxylation sites is 1. The molecule has 1 saturated carbocycles. The number of imide groups is 1. The van der Waals surface area contributed by atoms with E-state index in [-0.39, 0.29) is 18.5 Å². The lowest BCUT2D eigenvalue weighted by Gasteiger charge is -2.30. The summed E-state index contributed by atoms with van der Waals surface area (Å²) in [5, 5.41) is 7.80. The van der Waals surface area contributed by atoms with Crippen LogP contribution in [-0.4, -0.2) is 34.9 Å². The van der Waals surface area contributed by atoms with Crippen LogP contribution in [0.15, 0.2) is 65.1 Å². The van der Waals surface area contributed by atoms with Crippen LogP contribution in [0.3, 0.4) is 0 Å². The first-order chi connectivity index (χ1) is 16.1. The van der Waals surface area contributed by atoms with Gasteiger partial charge in [0.25, 0.3) is 11.8 Å². The second-order valence-corrected chi connectivity index (χ2v) is 8.66. The molecule has 1 aliphatic heterocycles. The number of urea groups is 1.